The third-order valence-corrected chi connectivity index (χ3v) is 4.92. The molecule has 1 aromatic heterocycles. The first-order valence-electron chi connectivity index (χ1n) is 9.21. The second-order valence-corrected chi connectivity index (χ2v) is 7.97. The van der Waals surface area contributed by atoms with E-state index in [1.54, 1.807) is 18.2 Å². The molecular formula is C22H22N2O3. The number of nitrogens with zero attached hydrogens (tertiary/aromatic N) is 2. The second kappa shape index (κ2) is 6.05. The molecule has 2 heterocycles. The van der Waals surface area contributed by atoms with Gasteiger partial charge in [-0.3, -0.25) is 14.5 Å². The normalized spacial score (nSPS) is 14.3. The highest BCUT2D eigenvalue weighted by Crippen LogP contribution is 2.32. The Morgan fingerprint density at radius 1 is 1.00 bits per heavy atom. The molecule has 138 valence electrons. The van der Waals surface area contributed by atoms with Crippen LogP contribution in [0.3, 0.4) is 0 Å². The third kappa shape index (κ3) is 2.83. The smallest absolute Gasteiger partial charge is 0.261 e. The van der Waals surface area contributed by atoms with Crippen molar-refractivity contribution in [1.82, 2.24) is 9.88 Å². The van der Waals surface area contributed by atoms with Gasteiger partial charge in [0.1, 0.15) is 5.52 Å². The fourth-order valence-corrected chi connectivity index (χ4v) is 3.37. The van der Waals surface area contributed by atoms with Crippen LogP contribution in [0.4, 0.5) is 0 Å². The molecule has 0 aliphatic carbocycles. The minimum atomic E-state index is -0.246. The number of rotatable bonds is 3. The summed E-state index contributed by atoms with van der Waals surface area (Å²) in [7, 11) is 0. The van der Waals surface area contributed by atoms with Gasteiger partial charge in [-0.15, -0.1) is 0 Å². The molecule has 5 heteroatoms. The molecule has 1 aliphatic heterocycles. The van der Waals surface area contributed by atoms with Crippen LogP contribution in [0.25, 0.3) is 22.6 Å². The lowest BCUT2D eigenvalue weighted by Crippen LogP contribution is -2.30. The SMILES string of the molecule is CCCN1C(=O)c2ccc(-c3nc4cc(C(C)(C)C)ccc4o3)cc2C1=O. The molecule has 0 radical (unpaired) electrons. The quantitative estimate of drug-likeness (QED) is 0.628. The minimum absolute atomic E-state index is 0.0242. The molecule has 0 fully saturated rings. The van der Waals surface area contributed by atoms with E-state index in [1.807, 2.05) is 25.1 Å². The van der Waals surface area contributed by atoms with Crippen molar-refractivity contribution in [2.45, 2.75) is 39.5 Å². The van der Waals surface area contributed by atoms with Gasteiger partial charge in [-0.1, -0.05) is 33.8 Å². The Morgan fingerprint density at radius 2 is 1.74 bits per heavy atom. The van der Waals surface area contributed by atoms with Crippen LogP contribution in [-0.4, -0.2) is 28.2 Å². The van der Waals surface area contributed by atoms with Crippen molar-refractivity contribution in [2.75, 3.05) is 6.54 Å². The molecule has 0 saturated carbocycles. The predicted octanol–water partition coefficient (Wildman–Crippen LogP) is 4.80. The molecular weight excluding hydrogens is 340 g/mol. The zero-order valence-electron chi connectivity index (χ0n) is 16.0. The summed E-state index contributed by atoms with van der Waals surface area (Å²) in [5.74, 6) is -0.0198. The molecule has 0 unspecified atom stereocenters. The van der Waals surface area contributed by atoms with E-state index in [9.17, 15) is 9.59 Å². The van der Waals surface area contributed by atoms with Crippen molar-refractivity contribution in [3.8, 4) is 11.5 Å². The average Bonchev–Trinajstić information content (AvgIpc) is 3.15. The fraction of sp³-hybridized carbons (Fsp3) is 0.318. The van der Waals surface area contributed by atoms with Crippen molar-refractivity contribution < 1.29 is 14.0 Å². The van der Waals surface area contributed by atoms with Gasteiger partial charge < -0.3 is 4.42 Å². The highest BCUT2D eigenvalue weighted by atomic mass is 16.3. The van der Waals surface area contributed by atoms with E-state index in [0.29, 0.717) is 34.7 Å². The number of aromatic nitrogens is 1. The molecule has 2 aromatic carbocycles. The summed E-state index contributed by atoms with van der Waals surface area (Å²) in [6.07, 6.45) is 0.736. The fourth-order valence-electron chi connectivity index (χ4n) is 3.37. The molecule has 0 spiro atoms. The van der Waals surface area contributed by atoms with Gasteiger partial charge in [0.15, 0.2) is 5.58 Å². The van der Waals surface area contributed by atoms with Gasteiger partial charge in [-0.25, -0.2) is 4.98 Å². The Hall–Kier alpha value is -2.95. The van der Waals surface area contributed by atoms with E-state index in [0.717, 1.165) is 11.9 Å². The van der Waals surface area contributed by atoms with Crippen LogP contribution < -0.4 is 0 Å². The van der Waals surface area contributed by atoms with Crippen LogP contribution in [0.15, 0.2) is 40.8 Å². The van der Waals surface area contributed by atoms with Gasteiger partial charge in [-0.2, -0.15) is 0 Å². The summed E-state index contributed by atoms with van der Waals surface area (Å²) < 4.78 is 5.90. The van der Waals surface area contributed by atoms with Crippen molar-refractivity contribution in [2.24, 2.45) is 0 Å². The van der Waals surface area contributed by atoms with Gasteiger partial charge in [0, 0.05) is 12.1 Å². The maximum absolute atomic E-state index is 12.6. The molecule has 3 aromatic rings. The van der Waals surface area contributed by atoms with Crippen LogP contribution in [0.1, 0.15) is 60.4 Å². The van der Waals surface area contributed by atoms with Gasteiger partial charge in [0.25, 0.3) is 11.8 Å². The molecule has 0 N–H and O–H groups in total. The summed E-state index contributed by atoms with van der Waals surface area (Å²) in [6, 6.07) is 11.2. The van der Waals surface area contributed by atoms with Crippen molar-refractivity contribution >= 4 is 22.9 Å². The Labute approximate surface area is 158 Å². The average molecular weight is 362 g/mol. The summed E-state index contributed by atoms with van der Waals surface area (Å²) in [6.45, 7) is 8.83. The highest BCUT2D eigenvalue weighted by molar-refractivity contribution is 6.21. The molecule has 27 heavy (non-hydrogen) atoms. The van der Waals surface area contributed by atoms with Crippen molar-refractivity contribution in [3.63, 3.8) is 0 Å². The van der Waals surface area contributed by atoms with Gasteiger partial charge in [-0.05, 0) is 47.7 Å². The van der Waals surface area contributed by atoms with E-state index in [4.69, 9.17) is 4.42 Å². The summed E-state index contributed by atoms with van der Waals surface area (Å²) in [5, 5.41) is 0. The lowest BCUT2D eigenvalue weighted by atomic mass is 9.87. The van der Waals surface area contributed by atoms with Crippen LogP contribution in [0.5, 0.6) is 0 Å². The molecule has 2 amide bonds. The van der Waals surface area contributed by atoms with E-state index < -0.39 is 0 Å². The topological polar surface area (TPSA) is 63.4 Å². The number of oxazole rings is 1. The number of hydrogen-bond acceptors (Lipinski definition) is 4. The van der Waals surface area contributed by atoms with Gasteiger partial charge in [0.05, 0.1) is 11.1 Å². The van der Waals surface area contributed by atoms with Gasteiger partial charge >= 0.3 is 0 Å². The minimum Gasteiger partial charge on any atom is -0.436 e. The Kier molecular flexibility index (Phi) is 3.91. The van der Waals surface area contributed by atoms with Gasteiger partial charge in [0.2, 0.25) is 5.89 Å². The largest absolute Gasteiger partial charge is 0.436 e. The van der Waals surface area contributed by atoms with Crippen LogP contribution in [-0.2, 0) is 5.41 Å². The van der Waals surface area contributed by atoms with Crippen LogP contribution in [0.2, 0.25) is 0 Å². The standard InChI is InChI=1S/C22H22N2O3/c1-5-10-24-20(25)15-8-6-13(11-16(15)21(24)26)19-23-17-12-14(22(2,3)4)7-9-18(17)27-19/h6-9,11-12H,5,10H2,1-4H3. The van der Waals surface area contributed by atoms with Crippen molar-refractivity contribution in [3.05, 3.63) is 53.1 Å². The van der Waals surface area contributed by atoms with Crippen LogP contribution in [0, 0.1) is 0 Å². The van der Waals surface area contributed by atoms with Crippen LogP contribution >= 0.6 is 0 Å². The van der Waals surface area contributed by atoms with Crippen molar-refractivity contribution in [1.29, 1.82) is 0 Å². The second-order valence-electron chi connectivity index (χ2n) is 7.97. The van der Waals surface area contributed by atoms with E-state index in [-0.39, 0.29) is 17.2 Å². The third-order valence-electron chi connectivity index (χ3n) is 4.92. The zero-order chi connectivity index (χ0) is 19.3. The Balaban J connectivity index is 1.75. The maximum atomic E-state index is 12.6. The predicted molar refractivity (Wildman–Crippen MR) is 104 cm³/mol. The molecule has 1 aliphatic rings. The van der Waals surface area contributed by atoms with E-state index >= 15 is 0 Å². The molecule has 4 rings (SSSR count). The first kappa shape index (κ1) is 17.5. The molecule has 0 bridgehead atoms. The molecule has 5 nitrogen and oxygen atoms in total. The summed E-state index contributed by atoms with van der Waals surface area (Å²) >= 11 is 0. The van der Waals surface area contributed by atoms with E-state index in [2.05, 4.69) is 25.8 Å². The Bertz CT molecular complexity index is 1070. The number of carbonyl (C=O) groups excluding carboxylic acids is 2. The number of fused-ring (bicyclic) bond motifs is 2. The number of amides is 2. The first-order valence-corrected chi connectivity index (χ1v) is 9.21. The molecule has 0 atom stereocenters. The summed E-state index contributed by atoms with van der Waals surface area (Å²) in [5.41, 5.74) is 4.26. The number of hydrogen-bond donors (Lipinski definition) is 0. The highest BCUT2D eigenvalue weighted by Gasteiger charge is 2.35. The molecule has 0 saturated heterocycles. The van der Waals surface area contributed by atoms with E-state index in [1.165, 1.54) is 10.5 Å². The lowest BCUT2D eigenvalue weighted by Gasteiger charge is -2.18. The Morgan fingerprint density at radius 3 is 2.44 bits per heavy atom. The first-order chi connectivity index (χ1) is 12.8. The number of benzene rings is 2. The maximum Gasteiger partial charge on any atom is 0.261 e. The summed E-state index contributed by atoms with van der Waals surface area (Å²) in [4.78, 5) is 30.9. The number of carbonyl (C=O) groups is 2. The monoisotopic (exact) mass is 362 g/mol. The lowest BCUT2D eigenvalue weighted by molar-refractivity contribution is 0.0654. The zero-order valence-corrected chi connectivity index (χ0v) is 16.0. The number of imide groups is 1.